The first-order valence-corrected chi connectivity index (χ1v) is 14.8. The van der Waals surface area contributed by atoms with Gasteiger partial charge in [-0.25, -0.2) is 4.39 Å². The lowest BCUT2D eigenvalue weighted by Crippen LogP contribution is -2.44. The van der Waals surface area contributed by atoms with Gasteiger partial charge in [0.1, 0.15) is 18.6 Å². The Morgan fingerprint density at radius 1 is 1.10 bits per heavy atom. The number of alkyl halides is 1. The Labute approximate surface area is 234 Å². The number of nitrogen functional groups attached to an aromatic ring is 1. The normalized spacial score (nSPS) is 30.6. The zero-order chi connectivity index (χ0) is 26.6. The van der Waals surface area contributed by atoms with Crippen molar-refractivity contribution in [3.8, 4) is 6.01 Å². The standard InChI is InChI=1S/C29H37ClFN5O3/c30-24-13-20(32)12-23-21(24)4-1-6-29(23)15-25-22(17-39-29)26(35-7-3-10-37-11-9-35)34-27(33-25)38-18-28-5-2-8-36(28)16-19(31)14-28/h12-13,19H,1-11,14-18,32H2/t19-,28+,29-/m1/s1. The summed E-state index contributed by atoms with van der Waals surface area (Å²) in [4.78, 5) is 14.5. The summed E-state index contributed by atoms with van der Waals surface area (Å²) < 4.78 is 33.2. The van der Waals surface area contributed by atoms with E-state index in [1.54, 1.807) is 0 Å². The number of hydrogen-bond acceptors (Lipinski definition) is 8. The molecule has 0 amide bonds. The topological polar surface area (TPSA) is 86.0 Å². The van der Waals surface area contributed by atoms with Crippen LogP contribution in [0.2, 0.25) is 5.02 Å². The summed E-state index contributed by atoms with van der Waals surface area (Å²) in [5.41, 5.74) is 10.3. The van der Waals surface area contributed by atoms with Crippen molar-refractivity contribution in [3.63, 3.8) is 0 Å². The van der Waals surface area contributed by atoms with Crippen molar-refractivity contribution < 1.29 is 18.6 Å². The zero-order valence-electron chi connectivity index (χ0n) is 22.4. The molecule has 2 aromatic rings. The van der Waals surface area contributed by atoms with Crippen LogP contribution < -0.4 is 15.4 Å². The van der Waals surface area contributed by atoms with Gasteiger partial charge in [0.2, 0.25) is 0 Å². The molecule has 0 saturated carbocycles. The number of benzene rings is 1. The van der Waals surface area contributed by atoms with Crippen LogP contribution in [-0.4, -0.2) is 72.6 Å². The molecule has 10 heteroatoms. The van der Waals surface area contributed by atoms with E-state index in [1.165, 1.54) is 0 Å². The van der Waals surface area contributed by atoms with Crippen LogP contribution in [-0.2, 0) is 34.5 Å². The van der Waals surface area contributed by atoms with E-state index < -0.39 is 11.8 Å². The Bertz CT molecular complexity index is 1260. The van der Waals surface area contributed by atoms with Gasteiger partial charge in [-0.2, -0.15) is 9.97 Å². The molecule has 0 radical (unpaired) electrons. The van der Waals surface area contributed by atoms with Gasteiger partial charge in [-0.1, -0.05) is 11.6 Å². The molecule has 0 bridgehead atoms. The molecule has 5 aliphatic rings. The van der Waals surface area contributed by atoms with Crippen LogP contribution in [0.4, 0.5) is 15.9 Å². The van der Waals surface area contributed by atoms with Gasteiger partial charge in [0.15, 0.2) is 0 Å². The quantitative estimate of drug-likeness (QED) is 0.560. The van der Waals surface area contributed by atoms with Crippen molar-refractivity contribution in [2.45, 2.75) is 75.3 Å². The molecule has 210 valence electrons. The van der Waals surface area contributed by atoms with Gasteiger partial charge in [-0.3, -0.25) is 4.90 Å². The monoisotopic (exact) mass is 557 g/mol. The molecule has 1 aromatic heterocycles. The fraction of sp³-hybridized carbons (Fsp3) is 0.655. The van der Waals surface area contributed by atoms with Crippen LogP contribution in [0, 0.1) is 0 Å². The SMILES string of the molecule is Nc1cc(Cl)c2c(c1)[C@@]1(CCC2)Cc2nc(OC[C@@]34CCCN3C[C@H](F)C4)nc(N3CCCOCC3)c2CO1. The second-order valence-corrected chi connectivity index (χ2v) is 12.3. The Morgan fingerprint density at radius 2 is 2.03 bits per heavy atom. The van der Waals surface area contributed by atoms with E-state index >= 15 is 0 Å². The first kappa shape index (κ1) is 25.7. The number of ether oxygens (including phenoxy) is 3. The second-order valence-electron chi connectivity index (χ2n) is 11.9. The first-order valence-electron chi connectivity index (χ1n) is 14.4. The number of fused-ring (bicyclic) bond motifs is 4. The van der Waals surface area contributed by atoms with Crippen LogP contribution in [0.25, 0.3) is 0 Å². The van der Waals surface area contributed by atoms with E-state index in [9.17, 15) is 4.39 Å². The fourth-order valence-electron chi connectivity index (χ4n) is 7.59. The van der Waals surface area contributed by atoms with Crippen LogP contribution in [0.3, 0.4) is 0 Å². The lowest BCUT2D eigenvalue weighted by atomic mass is 9.74. The van der Waals surface area contributed by atoms with Crippen molar-refractivity contribution in [2.24, 2.45) is 0 Å². The van der Waals surface area contributed by atoms with Gasteiger partial charge in [-0.15, -0.1) is 0 Å². The largest absolute Gasteiger partial charge is 0.461 e. The molecule has 1 spiro atoms. The van der Waals surface area contributed by atoms with E-state index in [1.807, 2.05) is 12.1 Å². The zero-order valence-corrected chi connectivity index (χ0v) is 23.1. The smallest absolute Gasteiger partial charge is 0.318 e. The van der Waals surface area contributed by atoms with E-state index in [-0.39, 0.29) is 5.54 Å². The van der Waals surface area contributed by atoms with E-state index in [0.29, 0.717) is 55.9 Å². The minimum Gasteiger partial charge on any atom is -0.461 e. The summed E-state index contributed by atoms with van der Waals surface area (Å²) in [6, 6.07) is 4.23. The highest BCUT2D eigenvalue weighted by Crippen LogP contribution is 2.48. The Kier molecular flexibility index (Phi) is 6.61. The molecule has 0 unspecified atom stereocenters. The van der Waals surface area contributed by atoms with Crippen LogP contribution in [0.5, 0.6) is 6.01 Å². The summed E-state index contributed by atoms with van der Waals surface area (Å²) >= 11 is 6.64. The molecule has 4 aliphatic heterocycles. The molecule has 39 heavy (non-hydrogen) atoms. The molecule has 3 fully saturated rings. The third kappa shape index (κ3) is 4.55. The second kappa shape index (κ2) is 10.0. The number of nitrogens with zero attached hydrogens (tertiary/aromatic N) is 4. The van der Waals surface area contributed by atoms with E-state index in [2.05, 4.69) is 9.80 Å². The lowest BCUT2D eigenvalue weighted by molar-refractivity contribution is -0.0855. The third-order valence-corrected chi connectivity index (χ3v) is 9.80. The van der Waals surface area contributed by atoms with Crippen LogP contribution in [0.1, 0.15) is 60.9 Å². The number of rotatable bonds is 4. The van der Waals surface area contributed by atoms with E-state index in [4.69, 9.17) is 41.5 Å². The highest BCUT2D eigenvalue weighted by atomic mass is 35.5. The molecule has 7 rings (SSSR count). The molecular formula is C29H37ClFN5O3. The van der Waals surface area contributed by atoms with Crippen molar-refractivity contribution in [2.75, 3.05) is 56.6 Å². The van der Waals surface area contributed by atoms with Gasteiger partial charge >= 0.3 is 6.01 Å². The van der Waals surface area contributed by atoms with Crippen molar-refractivity contribution in [1.29, 1.82) is 0 Å². The van der Waals surface area contributed by atoms with Gasteiger partial charge in [0.25, 0.3) is 0 Å². The summed E-state index contributed by atoms with van der Waals surface area (Å²) in [6.45, 7) is 5.25. The maximum absolute atomic E-state index is 14.4. The van der Waals surface area contributed by atoms with Crippen molar-refractivity contribution in [3.05, 3.63) is 39.5 Å². The predicted molar refractivity (Wildman–Crippen MR) is 147 cm³/mol. The minimum atomic E-state index is -0.798. The van der Waals surface area contributed by atoms with Gasteiger partial charge < -0.3 is 24.8 Å². The van der Waals surface area contributed by atoms with Crippen LogP contribution in [0.15, 0.2) is 12.1 Å². The number of hydrogen-bond donors (Lipinski definition) is 1. The number of anilines is 2. The molecule has 3 atom stereocenters. The average molecular weight is 558 g/mol. The predicted octanol–water partition coefficient (Wildman–Crippen LogP) is 4.20. The fourth-order valence-corrected chi connectivity index (χ4v) is 7.91. The van der Waals surface area contributed by atoms with Crippen molar-refractivity contribution in [1.82, 2.24) is 14.9 Å². The summed E-state index contributed by atoms with van der Waals surface area (Å²) in [7, 11) is 0. The molecule has 1 aromatic carbocycles. The number of halogens is 2. The van der Waals surface area contributed by atoms with Gasteiger partial charge in [0.05, 0.1) is 30.0 Å². The Balaban J connectivity index is 1.25. The van der Waals surface area contributed by atoms with Crippen molar-refractivity contribution >= 4 is 23.1 Å². The lowest BCUT2D eigenvalue weighted by Gasteiger charge is -2.43. The van der Waals surface area contributed by atoms with Gasteiger partial charge in [0, 0.05) is 55.4 Å². The molecule has 2 N–H and O–H groups in total. The summed E-state index contributed by atoms with van der Waals surface area (Å²) in [5, 5.41) is 0.707. The number of aromatic nitrogens is 2. The highest BCUT2D eigenvalue weighted by Gasteiger charge is 2.50. The minimum absolute atomic E-state index is 0.254. The Morgan fingerprint density at radius 3 is 2.95 bits per heavy atom. The molecular weight excluding hydrogens is 521 g/mol. The molecule has 1 aliphatic carbocycles. The number of nitrogens with two attached hydrogens (primary N) is 1. The Hall–Kier alpha value is -2.20. The maximum Gasteiger partial charge on any atom is 0.318 e. The average Bonchev–Trinajstić information content (AvgIpc) is 3.29. The van der Waals surface area contributed by atoms with E-state index in [0.717, 1.165) is 93.0 Å². The van der Waals surface area contributed by atoms with Crippen LogP contribution >= 0.6 is 11.6 Å². The highest BCUT2D eigenvalue weighted by molar-refractivity contribution is 6.31. The molecule has 8 nitrogen and oxygen atoms in total. The summed E-state index contributed by atoms with van der Waals surface area (Å²) in [5.74, 6) is 0.868. The molecule has 5 heterocycles. The van der Waals surface area contributed by atoms with Gasteiger partial charge in [-0.05, 0) is 68.3 Å². The first-order chi connectivity index (χ1) is 18.9. The third-order valence-electron chi connectivity index (χ3n) is 9.46. The molecule has 3 saturated heterocycles. The maximum atomic E-state index is 14.4. The summed E-state index contributed by atoms with van der Waals surface area (Å²) in [6.07, 6.45) is 6.06.